The topological polar surface area (TPSA) is 26.0 Å². The van der Waals surface area contributed by atoms with Gasteiger partial charge in [0.05, 0.1) is 0 Å². The van der Waals surface area contributed by atoms with Crippen molar-refractivity contribution in [2.24, 2.45) is 5.73 Å². The van der Waals surface area contributed by atoms with Crippen molar-refractivity contribution in [1.82, 2.24) is 0 Å². The van der Waals surface area contributed by atoms with Crippen LogP contribution in [0.3, 0.4) is 0 Å². The maximum atomic E-state index is 5.53. The molecule has 42 valence electrons. The van der Waals surface area contributed by atoms with E-state index in [0.717, 1.165) is 5.25 Å². The maximum absolute atomic E-state index is 5.53. The quantitative estimate of drug-likeness (QED) is 0.550. The summed E-state index contributed by atoms with van der Waals surface area (Å²) in [6.45, 7) is 0. The third-order valence-corrected chi connectivity index (χ3v) is 2.52. The van der Waals surface area contributed by atoms with Crippen molar-refractivity contribution >= 4 is 11.8 Å². The van der Waals surface area contributed by atoms with Gasteiger partial charge in [0.15, 0.2) is 0 Å². The predicted octanol–water partition coefficient (Wildman–Crippen LogP) is 0.839. The summed E-state index contributed by atoms with van der Waals surface area (Å²) in [5, 5.41) is 0.884. The highest BCUT2D eigenvalue weighted by Crippen LogP contribution is 2.27. The zero-order chi connectivity index (χ0) is 5.28. The van der Waals surface area contributed by atoms with Gasteiger partial charge in [0.25, 0.3) is 0 Å². The molecule has 0 bridgehead atoms. The highest BCUT2D eigenvalue weighted by molar-refractivity contribution is 7.99. The number of hydrogen-bond donors (Lipinski definition) is 1. The summed E-state index contributed by atoms with van der Waals surface area (Å²) < 4.78 is 0. The molecule has 2 N–H and O–H groups in total. The molecule has 0 heterocycles. The van der Waals surface area contributed by atoms with Crippen LogP contribution in [0.1, 0.15) is 12.8 Å². The molecule has 1 nitrogen and oxygen atoms in total. The van der Waals surface area contributed by atoms with Gasteiger partial charge in [-0.25, -0.2) is 0 Å². The number of rotatable bonds is 1. The molecule has 1 rings (SSSR count). The molecule has 1 aliphatic carbocycles. The van der Waals surface area contributed by atoms with Crippen LogP contribution < -0.4 is 5.73 Å². The largest absolute Gasteiger partial charge is 0.328 e. The lowest BCUT2D eigenvalue weighted by molar-refractivity contribution is 0.433. The molecule has 0 saturated heterocycles. The summed E-state index contributed by atoms with van der Waals surface area (Å²) in [5.74, 6) is 0. The molecule has 0 unspecified atom stereocenters. The fourth-order valence-electron chi connectivity index (χ4n) is 0.799. The minimum Gasteiger partial charge on any atom is -0.328 e. The first-order chi connectivity index (χ1) is 3.33. The molecule has 0 aromatic heterocycles. The second kappa shape index (κ2) is 2.05. The third-order valence-electron chi connectivity index (χ3n) is 1.46. The lowest BCUT2D eigenvalue weighted by Crippen LogP contribution is -2.37. The highest BCUT2D eigenvalue weighted by Gasteiger charge is 2.23. The molecule has 1 fully saturated rings. The van der Waals surface area contributed by atoms with E-state index in [9.17, 15) is 0 Å². The first kappa shape index (κ1) is 5.45. The summed E-state index contributed by atoms with van der Waals surface area (Å²) in [4.78, 5) is 0. The van der Waals surface area contributed by atoms with E-state index in [1.165, 1.54) is 12.8 Å². The van der Waals surface area contributed by atoms with Crippen LogP contribution in [0.5, 0.6) is 0 Å². The van der Waals surface area contributed by atoms with Crippen LogP contribution in [0.25, 0.3) is 0 Å². The first-order valence-corrected chi connectivity index (χ1v) is 3.90. The van der Waals surface area contributed by atoms with Crippen LogP contribution in [0.2, 0.25) is 0 Å². The molecule has 0 aromatic rings. The third kappa shape index (κ3) is 1.10. The molecule has 0 aliphatic heterocycles. The zero-order valence-corrected chi connectivity index (χ0v) is 5.37. The van der Waals surface area contributed by atoms with Crippen molar-refractivity contribution in [1.29, 1.82) is 0 Å². The summed E-state index contributed by atoms with van der Waals surface area (Å²) in [5.41, 5.74) is 5.53. The van der Waals surface area contributed by atoms with Gasteiger partial charge in [0.1, 0.15) is 0 Å². The van der Waals surface area contributed by atoms with Gasteiger partial charge in [0.2, 0.25) is 0 Å². The number of nitrogens with two attached hydrogens (primary N) is 1. The number of thioether (sulfide) groups is 1. The van der Waals surface area contributed by atoms with E-state index >= 15 is 0 Å². The Kier molecular flexibility index (Phi) is 1.60. The van der Waals surface area contributed by atoms with Gasteiger partial charge in [-0.2, -0.15) is 11.8 Å². The molecule has 0 amide bonds. The lowest BCUT2D eigenvalue weighted by Gasteiger charge is -2.30. The molecule has 0 spiro atoms. The Balaban J connectivity index is 2.06. The molecule has 0 radical (unpaired) electrons. The molecule has 0 aromatic carbocycles. The Hall–Kier alpha value is 0.310. The van der Waals surface area contributed by atoms with Gasteiger partial charge in [-0.1, -0.05) is 0 Å². The Morgan fingerprint density at radius 1 is 1.57 bits per heavy atom. The van der Waals surface area contributed by atoms with E-state index in [1.807, 2.05) is 11.8 Å². The van der Waals surface area contributed by atoms with Gasteiger partial charge in [-0.3, -0.25) is 0 Å². The predicted molar refractivity (Wildman–Crippen MR) is 34.5 cm³/mol. The van der Waals surface area contributed by atoms with Crippen LogP contribution in [-0.2, 0) is 0 Å². The molecular weight excluding hydrogens is 106 g/mol. The van der Waals surface area contributed by atoms with Gasteiger partial charge in [-0.15, -0.1) is 0 Å². The summed E-state index contributed by atoms with van der Waals surface area (Å²) in [6.07, 6.45) is 4.62. The van der Waals surface area contributed by atoms with Gasteiger partial charge in [-0.05, 0) is 19.1 Å². The average molecular weight is 117 g/mol. The van der Waals surface area contributed by atoms with Crippen molar-refractivity contribution < 1.29 is 0 Å². The van der Waals surface area contributed by atoms with E-state index < -0.39 is 0 Å². The van der Waals surface area contributed by atoms with E-state index in [0.29, 0.717) is 6.04 Å². The van der Waals surface area contributed by atoms with E-state index in [-0.39, 0.29) is 0 Å². The van der Waals surface area contributed by atoms with Gasteiger partial charge < -0.3 is 5.73 Å². The second-order valence-electron chi connectivity index (χ2n) is 2.09. The van der Waals surface area contributed by atoms with Crippen LogP contribution in [0, 0.1) is 0 Å². The first-order valence-electron chi connectivity index (χ1n) is 2.61. The van der Waals surface area contributed by atoms with Crippen molar-refractivity contribution in [3.8, 4) is 0 Å². The molecule has 1 saturated carbocycles. The summed E-state index contributed by atoms with van der Waals surface area (Å²) >= 11 is 1.94. The Morgan fingerprint density at radius 3 is 2.29 bits per heavy atom. The Labute approximate surface area is 48.7 Å². The summed E-state index contributed by atoms with van der Waals surface area (Å²) in [7, 11) is 0. The molecule has 7 heavy (non-hydrogen) atoms. The van der Waals surface area contributed by atoms with Crippen molar-refractivity contribution in [2.75, 3.05) is 6.26 Å². The van der Waals surface area contributed by atoms with E-state index in [2.05, 4.69) is 6.26 Å². The van der Waals surface area contributed by atoms with Crippen LogP contribution >= 0.6 is 11.8 Å². The molecule has 1 aliphatic rings. The van der Waals surface area contributed by atoms with Crippen molar-refractivity contribution in [3.05, 3.63) is 0 Å². The molecular formula is C5H11NS. The number of hydrogen-bond acceptors (Lipinski definition) is 2. The van der Waals surface area contributed by atoms with E-state index in [1.54, 1.807) is 0 Å². The fourth-order valence-corrected chi connectivity index (χ4v) is 1.68. The normalized spacial score (nSPS) is 40.3. The SMILES string of the molecule is CSC1CC(N)C1. The molecule has 2 heteroatoms. The van der Waals surface area contributed by atoms with Crippen LogP contribution in [0.15, 0.2) is 0 Å². The second-order valence-corrected chi connectivity index (χ2v) is 3.23. The minimum atomic E-state index is 0.525. The van der Waals surface area contributed by atoms with Gasteiger partial charge in [0, 0.05) is 11.3 Å². The van der Waals surface area contributed by atoms with Crippen molar-refractivity contribution in [3.63, 3.8) is 0 Å². The lowest BCUT2D eigenvalue weighted by atomic mass is 9.94. The standard InChI is InChI=1S/C5H11NS/c1-7-5-2-4(6)3-5/h4-5H,2-3,6H2,1H3. The highest BCUT2D eigenvalue weighted by atomic mass is 32.2. The van der Waals surface area contributed by atoms with Gasteiger partial charge >= 0.3 is 0 Å². The van der Waals surface area contributed by atoms with E-state index in [4.69, 9.17) is 5.73 Å². The fraction of sp³-hybridized carbons (Fsp3) is 1.00. The Bertz CT molecular complexity index is 59.1. The van der Waals surface area contributed by atoms with Crippen molar-refractivity contribution in [2.45, 2.75) is 24.1 Å². The van der Waals surface area contributed by atoms with Crippen LogP contribution in [-0.4, -0.2) is 17.5 Å². The minimum absolute atomic E-state index is 0.525. The average Bonchev–Trinajstić information content (AvgIpc) is 1.58. The Morgan fingerprint density at radius 2 is 2.14 bits per heavy atom. The monoisotopic (exact) mass is 117 g/mol. The maximum Gasteiger partial charge on any atom is 0.00737 e. The smallest absolute Gasteiger partial charge is 0.00737 e. The zero-order valence-electron chi connectivity index (χ0n) is 4.55. The summed E-state index contributed by atoms with van der Waals surface area (Å²) in [6, 6.07) is 0.525. The molecule has 0 atom stereocenters. The van der Waals surface area contributed by atoms with Crippen LogP contribution in [0.4, 0.5) is 0 Å².